The largest absolute Gasteiger partial charge is 0.475 e. The minimum atomic E-state index is -3.75. The van der Waals surface area contributed by atoms with Gasteiger partial charge in [0.1, 0.15) is 0 Å². The van der Waals surface area contributed by atoms with Gasteiger partial charge in [-0.3, -0.25) is 4.79 Å². The number of nitrogens with one attached hydrogen (secondary N) is 1. The van der Waals surface area contributed by atoms with E-state index in [0.717, 1.165) is 5.56 Å². The van der Waals surface area contributed by atoms with Gasteiger partial charge >= 0.3 is 0 Å². The molecule has 0 fully saturated rings. The molecular weight excluding hydrogens is 472 g/mol. The summed E-state index contributed by atoms with van der Waals surface area (Å²) in [5, 5.41) is 2.77. The number of carbonyl (C=O) groups excluding carboxylic acids is 1. The molecule has 0 heterocycles. The molecule has 0 aromatic heterocycles. The number of amides is 1. The van der Waals surface area contributed by atoms with Crippen molar-refractivity contribution in [1.82, 2.24) is 0 Å². The second-order valence-corrected chi connectivity index (χ2v) is 10.2. The molecule has 0 aliphatic rings. The lowest BCUT2D eigenvalue weighted by Crippen LogP contribution is -2.12. The number of carbonyl (C=O) groups is 1. The van der Waals surface area contributed by atoms with Crippen LogP contribution in [-0.2, 0) is 14.6 Å². The minimum absolute atomic E-state index is 0.0657. The number of anilines is 1. The SMILES string of the molecule is CC(C)OC(=Nc1ccc(S(=O)(=O)c2ccc(NC(=O)c3ccccc3)cc2)cc1)c1ccccc1. The Bertz CT molecular complexity index is 1450. The third kappa shape index (κ3) is 6.06. The maximum Gasteiger partial charge on any atom is 0.255 e. The number of benzene rings is 4. The van der Waals surface area contributed by atoms with Crippen LogP contribution in [0.3, 0.4) is 0 Å². The molecular formula is C29H26N2O4S. The average molecular weight is 499 g/mol. The van der Waals surface area contributed by atoms with Crippen LogP contribution in [0, 0.1) is 0 Å². The molecule has 0 saturated heterocycles. The lowest BCUT2D eigenvalue weighted by molar-refractivity contribution is 0.102. The van der Waals surface area contributed by atoms with Gasteiger partial charge in [-0.25, -0.2) is 13.4 Å². The summed E-state index contributed by atoms with van der Waals surface area (Å²) in [6.45, 7) is 3.85. The van der Waals surface area contributed by atoms with Gasteiger partial charge in [0.25, 0.3) is 5.91 Å². The Morgan fingerprint density at radius 1 is 0.722 bits per heavy atom. The van der Waals surface area contributed by atoms with Crippen LogP contribution in [0.15, 0.2) is 124 Å². The molecule has 4 aromatic carbocycles. The van der Waals surface area contributed by atoms with Gasteiger partial charge in [0, 0.05) is 16.8 Å². The number of nitrogens with zero attached hydrogens (tertiary/aromatic N) is 1. The van der Waals surface area contributed by atoms with Crippen molar-refractivity contribution < 1.29 is 17.9 Å². The average Bonchev–Trinajstić information content (AvgIpc) is 2.90. The van der Waals surface area contributed by atoms with E-state index in [1.165, 1.54) is 24.3 Å². The standard InChI is InChI=1S/C29H26N2O4S/c1-21(2)35-29(23-11-7-4-8-12-23)31-25-15-19-27(20-16-25)36(33,34)26-17-13-24(14-18-26)30-28(32)22-9-5-3-6-10-22/h3-21H,1-2H3,(H,30,32). The molecule has 4 rings (SSSR count). The van der Waals surface area contributed by atoms with Crippen molar-refractivity contribution in [3.63, 3.8) is 0 Å². The lowest BCUT2D eigenvalue weighted by Gasteiger charge is -2.13. The normalized spacial score (nSPS) is 11.8. The summed E-state index contributed by atoms with van der Waals surface area (Å²) in [6.07, 6.45) is -0.0657. The van der Waals surface area contributed by atoms with E-state index in [-0.39, 0.29) is 21.8 Å². The molecule has 0 aliphatic heterocycles. The highest BCUT2D eigenvalue weighted by Gasteiger charge is 2.18. The van der Waals surface area contributed by atoms with E-state index in [4.69, 9.17) is 4.74 Å². The predicted octanol–water partition coefficient (Wildman–Crippen LogP) is 6.28. The van der Waals surface area contributed by atoms with Gasteiger partial charge < -0.3 is 10.1 Å². The Kier molecular flexibility index (Phi) is 7.61. The Labute approximate surface area is 211 Å². The Morgan fingerprint density at radius 2 is 1.22 bits per heavy atom. The predicted molar refractivity (Wildman–Crippen MR) is 142 cm³/mol. The van der Waals surface area contributed by atoms with Crippen molar-refractivity contribution in [3.05, 3.63) is 120 Å². The Morgan fingerprint density at radius 3 is 1.75 bits per heavy atom. The van der Waals surface area contributed by atoms with Crippen LogP contribution in [0.25, 0.3) is 0 Å². The van der Waals surface area contributed by atoms with E-state index in [0.29, 0.717) is 22.8 Å². The highest BCUT2D eigenvalue weighted by molar-refractivity contribution is 7.91. The van der Waals surface area contributed by atoms with Crippen molar-refractivity contribution in [2.24, 2.45) is 4.99 Å². The molecule has 0 saturated carbocycles. The van der Waals surface area contributed by atoms with Gasteiger partial charge in [-0.1, -0.05) is 36.4 Å². The third-order valence-electron chi connectivity index (χ3n) is 5.20. The van der Waals surface area contributed by atoms with Crippen LogP contribution in [0.5, 0.6) is 0 Å². The van der Waals surface area contributed by atoms with E-state index >= 15 is 0 Å². The number of aliphatic imine (C=N–C) groups is 1. The summed E-state index contributed by atoms with van der Waals surface area (Å²) in [7, 11) is -3.75. The van der Waals surface area contributed by atoms with Crippen molar-refractivity contribution in [2.45, 2.75) is 29.7 Å². The van der Waals surface area contributed by atoms with Gasteiger partial charge in [-0.15, -0.1) is 0 Å². The lowest BCUT2D eigenvalue weighted by atomic mass is 10.2. The zero-order valence-corrected chi connectivity index (χ0v) is 20.8. The molecule has 182 valence electrons. The molecule has 36 heavy (non-hydrogen) atoms. The highest BCUT2D eigenvalue weighted by atomic mass is 32.2. The van der Waals surface area contributed by atoms with Crippen molar-refractivity contribution >= 4 is 33.0 Å². The Balaban J connectivity index is 1.52. The topological polar surface area (TPSA) is 84.8 Å². The molecule has 1 amide bonds. The second kappa shape index (κ2) is 11.0. The van der Waals surface area contributed by atoms with Crippen molar-refractivity contribution in [2.75, 3.05) is 5.32 Å². The second-order valence-electron chi connectivity index (χ2n) is 8.29. The van der Waals surface area contributed by atoms with Gasteiger partial charge in [0.05, 0.1) is 21.6 Å². The fraction of sp³-hybridized carbons (Fsp3) is 0.103. The van der Waals surface area contributed by atoms with Gasteiger partial charge in [-0.05, 0) is 86.6 Å². The molecule has 0 spiro atoms. The molecule has 4 aromatic rings. The summed E-state index contributed by atoms with van der Waals surface area (Å²) < 4.78 is 32.2. The van der Waals surface area contributed by atoms with Gasteiger partial charge in [0.15, 0.2) is 0 Å². The fourth-order valence-electron chi connectivity index (χ4n) is 3.43. The maximum atomic E-state index is 13.1. The van der Waals surface area contributed by atoms with Crippen LogP contribution in [-0.4, -0.2) is 26.3 Å². The first-order valence-corrected chi connectivity index (χ1v) is 12.9. The highest BCUT2D eigenvalue weighted by Crippen LogP contribution is 2.25. The number of hydrogen-bond donors (Lipinski definition) is 1. The van der Waals surface area contributed by atoms with Crippen LogP contribution in [0.2, 0.25) is 0 Å². The fourth-order valence-corrected chi connectivity index (χ4v) is 4.69. The third-order valence-corrected chi connectivity index (χ3v) is 6.99. The first-order valence-electron chi connectivity index (χ1n) is 11.5. The van der Waals surface area contributed by atoms with Crippen LogP contribution < -0.4 is 5.32 Å². The van der Waals surface area contributed by atoms with E-state index in [2.05, 4.69) is 10.3 Å². The Hall–Kier alpha value is -4.23. The summed E-state index contributed by atoms with van der Waals surface area (Å²) in [4.78, 5) is 17.2. The number of sulfone groups is 1. The van der Waals surface area contributed by atoms with E-state index in [1.54, 1.807) is 48.5 Å². The summed E-state index contributed by atoms with van der Waals surface area (Å²) in [6, 6.07) is 30.8. The van der Waals surface area contributed by atoms with Gasteiger partial charge in [0.2, 0.25) is 15.7 Å². The van der Waals surface area contributed by atoms with Crippen LogP contribution in [0.4, 0.5) is 11.4 Å². The number of hydrogen-bond acceptors (Lipinski definition) is 5. The zero-order chi connectivity index (χ0) is 25.5. The van der Waals surface area contributed by atoms with Crippen molar-refractivity contribution in [1.29, 1.82) is 0 Å². The first kappa shape index (κ1) is 24.9. The molecule has 0 unspecified atom stereocenters. The molecule has 6 nitrogen and oxygen atoms in total. The molecule has 7 heteroatoms. The molecule has 0 atom stereocenters. The summed E-state index contributed by atoms with van der Waals surface area (Å²) >= 11 is 0. The zero-order valence-electron chi connectivity index (χ0n) is 20.0. The van der Waals surface area contributed by atoms with E-state index in [9.17, 15) is 13.2 Å². The molecule has 0 bridgehead atoms. The molecule has 0 radical (unpaired) electrons. The van der Waals surface area contributed by atoms with E-state index < -0.39 is 9.84 Å². The summed E-state index contributed by atoms with van der Waals surface area (Å²) in [5.74, 6) is 0.202. The number of ether oxygens (including phenoxy) is 1. The minimum Gasteiger partial charge on any atom is -0.475 e. The monoisotopic (exact) mass is 498 g/mol. The van der Waals surface area contributed by atoms with Gasteiger partial charge in [-0.2, -0.15) is 0 Å². The quantitative estimate of drug-likeness (QED) is 0.240. The maximum absolute atomic E-state index is 13.1. The summed E-state index contributed by atoms with van der Waals surface area (Å²) in [5.41, 5.74) is 2.44. The van der Waals surface area contributed by atoms with Crippen LogP contribution >= 0.6 is 0 Å². The number of rotatable bonds is 7. The molecule has 0 aliphatic carbocycles. The van der Waals surface area contributed by atoms with Crippen molar-refractivity contribution in [3.8, 4) is 0 Å². The van der Waals surface area contributed by atoms with E-state index in [1.807, 2.05) is 50.2 Å². The molecule has 1 N–H and O–H groups in total. The smallest absolute Gasteiger partial charge is 0.255 e. The van der Waals surface area contributed by atoms with Crippen LogP contribution in [0.1, 0.15) is 29.8 Å². The first-order chi connectivity index (χ1) is 17.3.